The molecule has 0 radical (unpaired) electrons. The predicted molar refractivity (Wildman–Crippen MR) is 173 cm³/mol. The molecule has 0 bridgehead atoms. The molecule has 1 aromatic carbocycles. The van der Waals surface area contributed by atoms with Crippen molar-refractivity contribution in [2.75, 3.05) is 34.4 Å². The first-order chi connectivity index (χ1) is 21.7. The Morgan fingerprint density at radius 3 is 2.51 bits per heavy atom. The van der Waals surface area contributed by atoms with Crippen LogP contribution in [0.4, 0.5) is 5.82 Å². The average molecular weight is 613 g/mol. The normalized spacial score (nSPS) is 19.0. The second-order valence-electron chi connectivity index (χ2n) is 11.0. The molecule has 12 nitrogen and oxygen atoms in total. The lowest BCUT2D eigenvalue weighted by Crippen LogP contribution is -2.62. The van der Waals surface area contributed by atoms with Gasteiger partial charge in [-0.3, -0.25) is 9.59 Å². The quantitative estimate of drug-likeness (QED) is 0.153. The Labute approximate surface area is 261 Å². The van der Waals surface area contributed by atoms with Gasteiger partial charge in [0.2, 0.25) is 12.2 Å². The second-order valence-corrected chi connectivity index (χ2v) is 11.0. The zero-order chi connectivity index (χ0) is 32.1. The number of fused-ring (bicyclic) bond motifs is 1. The molecule has 234 valence electrons. The number of amides is 1. The number of benzene rings is 1. The number of nitrogens with two attached hydrogens (primary N) is 1. The number of carbonyl (C=O) groups excluding carboxylic acids is 2. The zero-order valence-electron chi connectivity index (χ0n) is 26.1. The van der Waals surface area contributed by atoms with Crippen LogP contribution in [0.15, 0.2) is 69.9 Å². The van der Waals surface area contributed by atoms with E-state index in [1.165, 1.54) is 25.8 Å². The number of hydrogen-bond donors (Lipinski definition) is 3. The van der Waals surface area contributed by atoms with Crippen molar-refractivity contribution in [3.05, 3.63) is 71.1 Å². The van der Waals surface area contributed by atoms with Crippen LogP contribution in [0.5, 0.6) is 5.75 Å². The molecule has 2 aliphatic rings. The predicted octanol–water partition coefficient (Wildman–Crippen LogP) is 2.69. The van der Waals surface area contributed by atoms with Crippen molar-refractivity contribution in [2.45, 2.75) is 38.8 Å². The van der Waals surface area contributed by atoms with Crippen molar-refractivity contribution < 1.29 is 28.8 Å². The number of Topliss-reactive ketones (excluding diaryl/α,β-unsaturated/α-hetero) is 1. The molecule has 1 unspecified atom stereocenters. The molecule has 3 aromatic rings. The Kier molecular flexibility index (Phi) is 9.24. The van der Waals surface area contributed by atoms with Crippen LogP contribution < -0.4 is 15.5 Å². The van der Waals surface area contributed by atoms with Gasteiger partial charge in [0.1, 0.15) is 11.7 Å². The lowest BCUT2D eigenvalue weighted by atomic mass is 9.86. The molecule has 1 saturated heterocycles. The number of aromatic amines is 1. The number of amidine groups is 1. The Balaban J connectivity index is 1.42. The molecule has 0 saturated carbocycles. The van der Waals surface area contributed by atoms with Crippen LogP contribution >= 0.6 is 0 Å². The number of methoxy groups -OCH3 is 3. The highest BCUT2D eigenvalue weighted by atomic mass is 16.5. The van der Waals surface area contributed by atoms with Gasteiger partial charge in [0.05, 0.1) is 25.2 Å². The topological polar surface area (TPSA) is 158 Å². The molecule has 4 heterocycles. The molecule has 0 spiro atoms. The first-order valence-corrected chi connectivity index (χ1v) is 14.6. The number of nitrogens with zero attached hydrogens (tertiary/aromatic N) is 4. The smallest absolute Gasteiger partial charge is 0.295 e. The summed E-state index contributed by atoms with van der Waals surface area (Å²) in [4.78, 5) is 48.0. The van der Waals surface area contributed by atoms with Crippen molar-refractivity contribution in [1.82, 2.24) is 14.9 Å². The van der Waals surface area contributed by atoms with Crippen LogP contribution in [0.25, 0.3) is 16.5 Å². The number of carbonyl (C=O) groups is 2. The maximum absolute atomic E-state index is 13.6. The van der Waals surface area contributed by atoms with Gasteiger partial charge >= 0.3 is 0 Å². The number of dihydropyridines is 1. The zero-order valence-corrected chi connectivity index (χ0v) is 26.1. The summed E-state index contributed by atoms with van der Waals surface area (Å²) >= 11 is 0. The van der Waals surface area contributed by atoms with Gasteiger partial charge in [-0.05, 0) is 30.9 Å². The number of ketones is 1. The Morgan fingerprint density at radius 2 is 1.87 bits per heavy atom. The fourth-order valence-electron chi connectivity index (χ4n) is 5.59. The molecule has 2 aliphatic heterocycles. The number of likely N-dealkylation sites (tertiary alicyclic amines) is 1. The van der Waals surface area contributed by atoms with E-state index in [1.54, 1.807) is 26.0 Å². The van der Waals surface area contributed by atoms with Gasteiger partial charge in [-0.2, -0.15) is 0 Å². The van der Waals surface area contributed by atoms with Gasteiger partial charge in [0.25, 0.3) is 17.5 Å². The van der Waals surface area contributed by atoms with E-state index in [1.807, 2.05) is 25.1 Å². The number of ether oxygens (including phenoxy) is 3. The minimum atomic E-state index is -0.703. The van der Waals surface area contributed by atoms with E-state index >= 15 is 0 Å². The number of aliphatic imine (C=N–C) groups is 2. The van der Waals surface area contributed by atoms with Crippen LogP contribution in [0.1, 0.15) is 49.0 Å². The molecule has 5 rings (SSSR count). The third kappa shape index (κ3) is 6.41. The van der Waals surface area contributed by atoms with Gasteiger partial charge in [-0.1, -0.05) is 47.0 Å². The highest BCUT2D eigenvalue weighted by Gasteiger charge is 2.34. The summed E-state index contributed by atoms with van der Waals surface area (Å²) in [5.41, 5.74) is 9.75. The summed E-state index contributed by atoms with van der Waals surface area (Å²) in [6.45, 7) is 4.35. The van der Waals surface area contributed by atoms with Gasteiger partial charge < -0.3 is 29.8 Å². The molecule has 1 fully saturated rings. The van der Waals surface area contributed by atoms with E-state index in [0.29, 0.717) is 66.6 Å². The monoisotopic (exact) mass is 612 g/mol. The largest absolute Gasteiger partial charge is 0.493 e. The lowest BCUT2D eigenvalue weighted by molar-refractivity contribution is -0.351. The Bertz CT molecular complexity index is 1760. The first kappa shape index (κ1) is 31.3. The standard InChI is InChI=1S/C33H37N7O5/c1-20(34)37-19-38-30-28-27(25(43-3)18-36-30)24(17-35-28)29(41)32(42)40-15-12-22(13-16-40)26(21-9-7-6-8-10-21)23-11-14-33(2,45-5)39-31(23)44-4/h6-11,17-19,35H,12-16H2,1-5H3,(H2,34,36,37,38)/p+1. The SMILES string of the molecule is COC1=NC(C)(OC)CC=C1C(=C1CCN(C(=O)C(=O)c2c[nH]c3c([NH+]=CN=C(C)N)ncc(OC)c23)CC1)c1ccccc1. The van der Waals surface area contributed by atoms with Crippen molar-refractivity contribution >= 4 is 52.1 Å². The van der Waals surface area contributed by atoms with Crippen molar-refractivity contribution in [1.29, 1.82) is 0 Å². The summed E-state index contributed by atoms with van der Waals surface area (Å²) in [7, 11) is 4.73. The van der Waals surface area contributed by atoms with Crippen LogP contribution in [-0.4, -0.2) is 84.8 Å². The van der Waals surface area contributed by atoms with E-state index in [9.17, 15) is 9.59 Å². The third-order valence-electron chi connectivity index (χ3n) is 8.03. The van der Waals surface area contributed by atoms with Gasteiger partial charge in [0.15, 0.2) is 17.3 Å². The highest BCUT2D eigenvalue weighted by Crippen LogP contribution is 2.37. The van der Waals surface area contributed by atoms with E-state index in [0.717, 1.165) is 22.3 Å². The summed E-state index contributed by atoms with van der Waals surface area (Å²) in [5.74, 6) is 0.438. The molecule has 1 amide bonds. The third-order valence-corrected chi connectivity index (χ3v) is 8.03. The summed E-state index contributed by atoms with van der Waals surface area (Å²) in [6, 6.07) is 10.1. The molecule has 45 heavy (non-hydrogen) atoms. The molecule has 0 aliphatic carbocycles. The average Bonchev–Trinajstić information content (AvgIpc) is 3.51. The number of nitrogens with one attached hydrogen (secondary N) is 2. The second kappa shape index (κ2) is 13.3. The van der Waals surface area contributed by atoms with Crippen LogP contribution in [0, 0.1) is 0 Å². The number of hydrogen-bond acceptors (Lipinski definition) is 7. The minimum absolute atomic E-state index is 0.205. The van der Waals surface area contributed by atoms with E-state index in [4.69, 9.17) is 24.9 Å². The first-order valence-electron chi connectivity index (χ1n) is 14.6. The van der Waals surface area contributed by atoms with Crippen LogP contribution in [0.3, 0.4) is 0 Å². The van der Waals surface area contributed by atoms with E-state index in [2.05, 4.69) is 38.2 Å². The Morgan fingerprint density at radius 1 is 1.13 bits per heavy atom. The number of piperidine rings is 1. The fraction of sp³-hybridized carbons (Fsp3) is 0.333. The Hall–Kier alpha value is -5.10. The van der Waals surface area contributed by atoms with Crippen LogP contribution in [0.2, 0.25) is 0 Å². The maximum Gasteiger partial charge on any atom is 0.295 e. The van der Waals surface area contributed by atoms with Crippen molar-refractivity contribution in [3.8, 4) is 5.75 Å². The maximum atomic E-state index is 13.6. The van der Waals surface area contributed by atoms with Crippen molar-refractivity contribution in [2.24, 2.45) is 15.7 Å². The summed E-state index contributed by atoms with van der Waals surface area (Å²) < 4.78 is 16.9. The van der Waals surface area contributed by atoms with E-state index < -0.39 is 17.4 Å². The van der Waals surface area contributed by atoms with Crippen molar-refractivity contribution in [3.63, 3.8) is 0 Å². The number of rotatable bonds is 8. The molecular weight excluding hydrogens is 574 g/mol. The lowest BCUT2D eigenvalue weighted by Gasteiger charge is -2.32. The van der Waals surface area contributed by atoms with Gasteiger partial charge in [-0.15, -0.1) is 4.98 Å². The number of aromatic nitrogens is 2. The number of pyridine rings is 1. The fourth-order valence-corrected chi connectivity index (χ4v) is 5.59. The number of H-pyrrole nitrogens is 1. The van der Waals surface area contributed by atoms with Gasteiger partial charge in [-0.25, -0.2) is 9.98 Å². The molecule has 4 N–H and O–H groups in total. The molecule has 1 atom stereocenters. The minimum Gasteiger partial charge on any atom is -0.493 e. The molecular formula is C33H38N7O5+. The molecule has 2 aromatic heterocycles. The highest BCUT2D eigenvalue weighted by molar-refractivity contribution is 6.45. The van der Waals surface area contributed by atoms with Gasteiger partial charge in [0, 0.05) is 45.3 Å². The molecule has 12 heteroatoms. The summed E-state index contributed by atoms with van der Waals surface area (Å²) in [5, 5.41) is 0.456. The van der Waals surface area contributed by atoms with E-state index in [-0.39, 0.29) is 5.56 Å². The summed E-state index contributed by atoms with van der Waals surface area (Å²) in [6.07, 6.45) is 8.28. The van der Waals surface area contributed by atoms with Crippen LogP contribution in [-0.2, 0) is 14.3 Å².